The van der Waals surface area contributed by atoms with Crippen LogP contribution in [0.4, 0.5) is 9.59 Å². The largest absolute Gasteiger partial charge is 0.443 e. The Morgan fingerprint density at radius 2 is 1.32 bits per heavy atom. The number of hydrogen-bond donors (Lipinski definition) is 0. The summed E-state index contributed by atoms with van der Waals surface area (Å²) in [5, 5.41) is 0. The minimum atomic E-state index is -0.803. The molecular formula is C16H29NO5. The Hall–Kier alpha value is -1.59. The van der Waals surface area contributed by atoms with Crippen molar-refractivity contribution in [3.8, 4) is 0 Å². The van der Waals surface area contributed by atoms with E-state index in [1.807, 2.05) is 13.8 Å². The SMILES string of the molecule is CC(C)[C@@H](CC=O)N(C(=O)OC(C)(C)C)C(=O)OC(C)(C)C. The number of amides is 2. The molecule has 0 bridgehead atoms. The van der Waals surface area contributed by atoms with Crippen LogP contribution < -0.4 is 0 Å². The molecule has 0 aliphatic carbocycles. The number of imide groups is 1. The molecule has 0 radical (unpaired) electrons. The van der Waals surface area contributed by atoms with Crippen LogP contribution in [0.15, 0.2) is 0 Å². The van der Waals surface area contributed by atoms with Gasteiger partial charge in [0.25, 0.3) is 0 Å². The Labute approximate surface area is 133 Å². The fourth-order valence-corrected chi connectivity index (χ4v) is 1.74. The van der Waals surface area contributed by atoms with E-state index >= 15 is 0 Å². The summed E-state index contributed by atoms with van der Waals surface area (Å²) >= 11 is 0. The molecule has 6 heteroatoms. The highest BCUT2D eigenvalue weighted by Gasteiger charge is 2.37. The van der Waals surface area contributed by atoms with E-state index < -0.39 is 29.4 Å². The molecule has 0 heterocycles. The molecule has 0 aromatic rings. The molecule has 6 nitrogen and oxygen atoms in total. The summed E-state index contributed by atoms with van der Waals surface area (Å²) in [6.45, 7) is 13.9. The van der Waals surface area contributed by atoms with Crippen LogP contribution in [0.3, 0.4) is 0 Å². The molecule has 0 aromatic carbocycles. The van der Waals surface area contributed by atoms with Crippen molar-refractivity contribution < 1.29 is 23.9 Å². The lowest BCUT2D eigenvalue weighted by Crippen LogP contribution is -2.51. The third-order valence-corrected chi connectivity index (χ3v) is 2.62. The number of carbonyl (C=O) groups is 3. The summed E-state index contributed by atoms with van der Waals surface area (Å²) in [4.78, 5) is 36.6. The Balaban J connectivity index is 5.50. The second kappa shape index (κ2) is 7.61. The molecule has 128 valence electrons. The summed E-state index contributed by atoms with van der Waals surface area (Å²) in [6, 6.07) is -0.609. The zero-order chi connectivity index (χ0) is 17.7. The molecule has 0 aliphatic heterocycles. The Kier molecular flexibility index (Phi) is 7.06. The third kappa shape index (κ3) is 7.43. The summed E-state index contributed by atoms with van der Waals surface area (Å²) in [6.07, 6.45) is -0.882. The van der Waals surface area contributed by atoms with Gasteiger partial charge in [-0.05, 0) is 47.5 Å². The number of ether oxygens (including phenoxy) is 2. The molecule has 0 fully saturated rings. The third-order valence-electron chi connectivity index (χ3n) is 2.62. The van der Waals surface area contributed by atoms with Crippen LogP contribution in [0, 0.1) is 5.92 Å². The fraction of sp³-hybridized carbons (Fsp3) is 0.812. The van der Waals surface area contributed by atoms with Crippen molar-refractivity contribution in [2.45, 2.75) is 79.1 Å². The van der Waals surface area contributed by atoms with E-state index in [2.05, 4.69) is 0 Å². The molecular weight excluding hydrogens is 286 g/mol. The van der Waals surface area contributed by atoms with E-state index in [0.29, 0.717) is 6.29 Å². The van der Waals surface area contributed by atoms with Crippen LogP contribution in [0.5, 0.6) is 0 Å². The Bertz CT molecular complexity index is 376. The van der Waals surface area contributed by atoms with E-state index in [1.165, 1.54) is 0 Å². The van der Waals surface area contributed by atoms with Gasteiger partial charge in [-0.25, -0.2) is 14.5 Å². The molecule has 0 aliphatic rings. The topological polar surface area (TPSA) is 72.9 Å². The van der Waals surface area contributed by atoms with Crippen molar-refractivity contribution >= 4 is 18.5 Å². The molecule has 1 atom stereocenters. The van der Waals surface area contributed by atoms with Gasteiger partial charge in [0, 0.05) is 6.42 Å². The van der Waals surface area contributed by atoms with Crippen LogP contribution in [0.2, 0.25) is 0 Å². The van der Waals surface area contributed by atoms with Crippen molar-refractivity contribution in [2.24, 2.45) is 5.92 Å². The number of nitrogens with zero attached hydrogens (tertiary/aromatic N) is 1. The van der Waals surface area contributed by atoms with Crippen molar-refractivity contribution in [1.29, 1.82) is 0 Å². The van der Waals surface area contributed by atoms with Crippen LogP contribution in [0.1, 0.15) is 61.8 Å². The van der Waals surface area contributed by atoms with E-state index in [9.17, 15) is 14.4 Å². The van der Waals surface area contributed by atoms with E-state index in [-0.39, 0.29) is 12.3 Å². The Morgan fingerprint density at radius 3 is 1.55 bits per heavy atom. The van der Waals surface area contributed by atoms with Crippen LogP contribution >= 0.6 is 0 Å². The maximum atomic E-state index is 12.4. The number of hydrogen-bond acceptors (Lipinski definition) is 5. The van der Waals surface area contributed by atoms with E-state index in [4.69, 9.17) is 9.47 Å². The number of aldehydes is 1. The minimum absolute atomic E-state index is 0.0378. The van der Waals surface area contributed by atoms with Crippen molar-refractivity contribution in [3.05, 3.63) is 0 Å². The summed E-state index contributed by atoms with van der Waals surface area (Å²) in [5.74, 6) is -0.106. The van der Waals surface area contributed by atoms with Gasteiger partial charge in [0.15, 0.2) is 0 Å². The molecule has 0 N–H and O–H groups in total. The van der Waals surface area contributed by atoms with Gasteiger partial charge in [0.2, 0.25) is 0 Å². The number of rotatable bonds is 4. The lowest BCUT2D eigenvalue weighted by molar-refractivity contribution is -0.109. The standard InChI is InChI=1S/C16H29NO5/c1-11(2)12(9-10-18)17(13(19)21-15(3,4)5)14(20)22-16(6,7)8/h10-12H,9H2,1-8H3/t12-/m1/s1. The van der Waals surface area contributed by atoms with Crippen LogP contribution in [0.25, 0.3) is 0 Å². The van der Waals surface area contributed by atoms with Gasteiger partial charge < -0.3 is 14.3 Å². The maximum Gasteiger partial charge on any atom is 0.420 e. The summed E-state index contributed by atoms with van der Waals surface area (Å²) < 4.78 is 10.6. The first-order chi connectivity index (χ1) is 9.78. The fourth-order valence-electron chi connectivity index (χ4n) is 1.74. The van der Waals surface area contributed by atoms with Gasteiger partial charge in [0.05, 0.1) is 6.04 Å². The van der Waals surface area contributed by atoms with Gasteiger partial charge >= 0.3 is 12.2 Å². The second-order valence-electron chi connectivity index (χ2n) is 7.54. The summed E-state index contributed by atoms with van der Waals surface area (Å²) in [7, 11) is 0. The van der Waals surface area contributed by atoms with Gasteiger partial charge in [-0.2, -0.15) is 0 Å². The zero-order valence-corrected chi connectivity index (χ0v) is 14.9. The maximum absolute atomic E-state index is 12.4. The first-order valence-electron chi connectivity index (χ1n) is 7.47. The first kappa shape index (κ1) is 20.4. The highest BCUT2D eigenvalue weighted by Crippen LogP contribution is 2.21. The van der Waals surface area contributed by atoms with Crippen molar-refractivity contribution in [1.82, 2.24) is 4.90 Å². The summed E-state index contributed by atoms with van der Waals surface area (Å²) in [5.41, 5.74) is -1.50. The average molecular weight is 315 g/mol. The van der Waals surface area contributed by atoms with Gasteiger partial charge in [0.1, 0.15) is 17.5 Å². The van der Waals surface area contributed by atoms with Crippen molar-refractivity contribution in [2.75, 3.05) is 0 Å². The van der Waals surface area contributed by atoms with E-state index in [0.717, 1.165) is 4.90 Å². The monoisotopic (exact) mass is 315 g/mol. The molecule has 0 saturated heterocycles. The molecule has 2 amide bonds. The highest BCUT2D eigenvalue weighted by atomic mass is 16.6. The van der Waals surface area contributed by atoms with Crippen molar-refractivity contribution in [3.63, 3.8) is 0 Å². The molecule has 22 heavy (non-hydrogen) atoms. The average Bonchev–Trinajstić information content (AvgIpc) is 2.22. The predicted octanol–water partition coefficient (Wildman–Crippen LogP) is 3.77. The van der Waals surface area contributed by atoms with Crippen LogP contribution in [-0.4, -0.2) is 40.6 Å². The molecule has 0 spiro atoms. The first-order valence-corrected chi connectivity index (χ1v) is 7.47. The highest BCUT2D eigenvalue weighted by molar-refractivity contribution is 5.89. The quantitative estimate of drug-likeness (QED) is 0.738. The second-order valence-corrected chi connectivity index (χ2v) is 7.54. The predicted molar refractivity (Wildman–Crippen MR) is 83.6 cm³/mol. The normalized spacial score (nSPS) is 13.5. The smallest absolute Gasteiger partial charge is 0.420 e. The lowest BCUT2D eigenvalue weighted by Gasteiger charge is -2.34. The molecule has 0 saturated carbocycles. The molecule has 0 unspecified atom stereocenters. The van der Waals surface area contributed by atoms with Gasteiger partial charge in [-0.3, -0.25) is 0 Å². The van der Waals surface area contributed by atoms with Crippen LogP contribution in [-0.2, 0) is 14.3 Å². The zero-order valence-electron chi connectivity index (χ0n) is 14.9. The van der Waals surface area contributed by atoms with Gasteiger partial charge in [-0.1, -0.05) is 13.8 Å². The lowest BCUT2D eigenvalue weighted by atomic mass is 10.0. The minimum Gasteiger partial charge on any atom is -0.443 e. The molecule has 0 rings (SSSR count). The molecule has 0 aromatic heterocycles. The Morgan fingerprint density at radius 1 is 0.955 bits per heavy atom. The van der Waals surface area contributed by atoms with E-state index in [1.54, 1.807) is 41.5 Å². The van der Waals surface area contributed by atoms with Gasteiger partial charge in [-0.15, -0.1) is 0 Å². The number of carbonyl (C=O) groups excluding carboxylic acids is 3.